The van der Waals surface area contributed by atoms with Crippen molar-refractivity contribution in [2.75, 3.05) is 0 Å². The van der Waals surface area contributed by atoms with Crippen LogP contribution >= 0.6 is 0 Å². The fourth-order valence-corrected chi connectivity index (χ4v) is 1.31. The zero-order valence-corrected chi connectivity index (χ0v) is 11.4. The molecule has 0 saturated heterocycles. The van der Waals surface area contributed by atoms with E-state index in [1.165, 1.54) is 0 Å². The summed E-state index contributed by atoms with van der Waals surface area (Å²) in [6.07, 6.45) is 0. The first-order chi connectivity index (χ1) is 7.77. The molecule has 0 heterocycles. The van der Waals surface area contributed by atoms with Gasteiger partial charge in [-0.25, -0.2) is 4.79 Å². The molecule has 0 fully saturated rings. The van der Waals surface area contributed by atoms with Crippen LogP contribution in [0.3, 0.4) is 0 Å². The molecule has 0 bridgehead atoms. The van der Waals surface area contributed by atoms with E-state index in [4.69, 9.17) is 5.11 Å². The van der Waals surface area contributed by atoms with Gasteiger partial charge in [0.05, 0.1) is 15.9 Å². The first-order valence-electron chi connectivity index (χ1n) is 4.14. The number of carboxylic acids is 1. The molecule has 1 aromatic rings. The fraction of sp³-hybridized carbons (Fsp3) is 0.125. The maximum absolute atomic E-state index is 11.4. The van der Waals surface area contributed by atoms with Crippen LogP contribution in [0.4, 0.5) is 11.4 Å². The monoisotopic (exact) mass is 264 g/mol. The van der Waals surface area contributed by atoms with Gasteiger partial charge < -0.3 is 10.2 Å². The molecule has 1 rings (SSSR count). The normalized spacial score (nSPS) is 9.39. The minimum absolute atomic E-state index is 0. The number of benzene rings is 1. The minimum Gasteiger partial charge on any atom is -0.868 e. The zero-order valence-electron chi connectivity index (χ0n) is 9.37. The van der Waals surface area contributed by atoms with Crippen LogP contribution in [0.5, 0.6) is 5.75 Å². The topological polar surface area (TPSA) is 147 Å². The summed E-state index contributed by atoms with van der Waals surface area (Å²) >= 11 is 0. The Labute approximate surface area is 122 Å². The van der Waals surface area contributed by atoms with Crippen LogP contribution in [0.1, 0.15) is 15.9 Å². The van der Waals surface area contributed by atoms with Gasteiger partial charge in [0.25, 0.3) is 11.4 Å². The predicted molar refractivity (Wildman–Crippen MR) is 50.9 cm³/mol. The van der Waals surface area contributed by atoms with Gasteiger partial charge in [0.1, 0.15) is 5.56 Å². The van der Waals surface area contributed by atoms with Gasteiger partial charge >= 0.3 is 35.5 Å². The zero-order chi connectivity index (χ0) is 13.3. The Morgan fingerprint density at radius 1 is 1.22 bits per heavy atom. The first-order valence-corrected chi connectivity index (χ1v) is 4.14. The third-order valence-corrected chi connectivity index (χ3v) is 2.09. The van der Waals surface area contributed by atoms with Crippen molar-refractivity contribution in [1.82, 2.24) is 0 Å². The maximum atomic E-state index is 11.4. The van der Waals surface area contributed by atoms with E-state index in [0.717, 1.165) is 6.92 Å². The first kappa shape index (κ1) is 16.3. The van der Waals surface area contributed by atoms with Crippen LogP contribution in [0.2, 0.25) is 0 Å². The second-order valence-corrected chi connectivity index (χ2v) is 3.06. The number of hydrogen-bond acceptors (Lipinski definition) is 6. The van der Waals surface area contributed by atoms with Gasteiger partial charge in [-0.3, -0.25) is 20.2 Å². The number of carbonyl (C=O) groups is 1. The SMILES string of the molecule is Cc1c([O-])c([N+](=O)[O-])cc([N+](=O)[O-])c1C(=O)O.[Na+]. The van der Waals surface area contributed by atoms with Crippen LogP contribution < -0.4 is 34.7 Å². The van der Waals surface area contributed by atoms with E-state index in [9.17, 15) is 30.1 Å². The molecule has 9 nitrogen and oxygen atoms in total. The van der Waals surface area contributed by atoms with E-state index in [-0.39, 0.29) is 29.6 Å². The van der Waals surface area contributed by atoms with Crippen LogP contribution in [0.15, 0.2) is 6.07 Å². The summed E-state index contributed by atoms with van der Waals surface area (Å²) in [7, 11) is 0. The summed E-state index contributed by atoms with van der Waals surface area (Å²) in [4.78, 5) is 29.6. The standard InChI is InChI=1S/C8H6N2O7.Na/c1-3-6(8(12)13)4(9(14)15)2-5(7(3)11)10(16)17;/h2,11H,1H3,(H,12,13);/q;+1/p-1. The van der Waals surface area contributed by atoms with Crippen molar-refractivity contribution >= 4 is 17.3 Å². The van der Waals surface area contributed by atoms with Crippen molar-refractivity contribution in [1.29, 1.82) is 0 Å². The van der Waals surface area contributed by atoms with E-state index in [1.54, 1.807) is 0 Å². The van der Waals surface area contributed by atoms with Gasteiger partial charge in [-0.1, -0.05) is 0 Å². The van der Waals surface area contributed by atoms with Gasteiger partial charge in [0, 0.05) is 0 Å². The molecule has 0 radical (unpaired) electrons. The molecule has 0 unspecified atom stereocenters. The third-order valence-electron chi connectivity index (χ3n) is 2.09. The van der Waals surface area contributed by atoms with E-state index in [1.807, 2.05) is 0 Å². The molecule has 0 aromatic heterocycles. The van der Waals surface area contributed by atoms with E-state index >= 15 is 0 Å². The molecule has 0 saturated carbocycles. The molecule has 1 N–H and O–H groups in total. The molecule has 0 atom stereocenters. The maximum Gasteiger partial charge on any atom is 1.00 e. The van der Waals surface area contributed by atoms with E-state index in [2.05, 4.69) is 0 Å². The number of nitro benzene ring substituents is 2. The second-order valence-electron chi connectivity index (χ2n) is 3.06. The van der Waals surface area contributed by atoms with Crippen molar-refractivity contribution in [3.63, 3.8) is 0 Å². The summed E-state index contributed by atoms with van der Waals surface area (Å²) in [6, 6.07) is 0.360. The molecule has 0 spiro atoms. The molecule has 90 valence electrons. The molecule has 0 aliphatic heterocycles. The summed E-state index contributed by atoms with van der Waals surface area (Å²) < 4.78 is 0. The molecular formula is C8H5N2NaO7. The Balaban J connectivity index is 0.00000289. The van der Waals surface area contributed by atoms with Gasteiger partial charge in [-0.15, -0.1) is 0 Å². The van der Waals surface area contributed by atoms with Crippen LogP contribution in [-0.2, 0) is 0 Å². The van der Waals surface area contributed by atoms with Gasteiger partial charge in [0.15, 0.2) is 0 Å². The minimum atomic E-state index is -1.68. The summed E-state index contributed by atoms with van der Waals surface area (Å²) in [5.41, 5.74) is -3.34. The molecule has 0 amide bonds. The number of aromatic carboxylic acids is 1. The van der Waals surface area contributed by atoms with Crippen molar-refractivity contribution in [2.24, 2.45) is 0 Å². The number of rotatable bonds is 3. The average molecular weight is 264 g/mol. The average Bonchev–Trinajstić information content (AvgIpc) is 2.19. The van der Waals surface area contributed by atoms with Gasteiger partial charge in [0.2, 0.25) is 0 Å². The smallest absolute Gasteiger partial charge is 0.868 e. The largest absolute Gasteiger partial charge is 1.00 e. The summed E-state index contributed by atoms with van der Waals surface area (Å²) in [6.45, 7) is 0.992. The van der Waals surface area contributed by atoms with E-state index < -0.39 is 44.1 Å². The molecule has 0 aliphatic carbocycles. The quantitative estimate of drug-likeness (QED) is 0.363. The third kappa shape index (κ3) is 2.75. The van der Waals surface area contributed by atoms with E-state index in [0.29, 0.717) is 6.07 Å². The Morgan fingerprint density at radius 2 is 1.67 bits per heavy atom. The molecular weight excluding hydrogens is 259 g/mol. The second kappa shape index (κ2) is 5.76. The fourth-order valence-electron chi connectivity index (χ4n) is 1.31. The molecule has 18 heavy (non-hydrogen) atoms. The Bertz CT molecular complexity index is 543. The van der Waals surface area contributed by atoms with Gasteiger partial charge in [-0.05, 0) is 18.2 Å². The van der Waals surface area contributed by atoms with Gasteiger partial charge in [-0.2, -0.15) is 0 Å². The van der Waals surface area contributed by atoms with Crippen LogP contribution in [-0.4, -0.2) is 20.9 Å². The van der Waals surface area contributed by atoms with Crippen LogP contribution in [0.25, 0.3) is 0 Å². The van der Waals surface area contributed by atoms with Crippen LogP contribution in [0, 0.1) is 27.2 Å². The van der Waals surface area contributed by atoms with Crippen molar-refractivity contribution < 1.29 is 54.4 Å². The number of carboxylic acid groups (broad SMARTS) is 1. The Hall–Kier alpha value is -1.71. The summed E-state index contributed by atoms with van der Waals surface area (Å²) in [5.74, 6) is -2.82. The number of nitro groups is 2. The predicted octanol–water partition coefficient (Wildman–Crippen LogP) is -2.41. The van der Waals surface area contributed by atoms with Crippen molar-refractivity contribution in [3.05, 3.63) is 37.4 Å². The Kier molecular flexibility index (Phi) is 5.21. The van der Waals surface area contributed by atoms with Crippen molar-refractivity contribution in [3.8, 4) is 5.75 Å². The van der Waals surface area contributed by atoms with Crippen molar-refractivity contribution in [2.45, 2.75) is 6.92 Å². The Morgan fingerprint density at radius 3 is 2.00 bits per heavy atom. The molecule has 0 aliphatic rings. The molecule has 10 heteroatoms. The number of nitrogens with zero attached hydrogens (tertiary/aromatic N) is 2. The number of hydrogen-bond donors (Lipinski definition) is 1. The summed E-state index contributed by atoms with van der Waals surface area (Å²) in [5, 5.41) is 41.2. The molecule has 1 aromatic carbocycles.